The van der Waals surface area contributed by atoms with E-state index in [1.54, 1.807) is 28.6 Å². The quantitative estimate of drug-likeness (QED) is 0.671. The molecular formula is C19H20N2OS. The highest BCUT2D eigenvalue weighted by atomic mass is 32.2. The van der Waals surface area contributed by atoms with E-state index in [2.05, 4.69) is 29.1 Å². The first-order chi connectivity index (χ1) is 11.2. The summed E-state index contributed by atoms with van der Waals surface area (Å²) in [4.78, 5) is 1.20. The van der Waals surface area contributed by atoms with Gasteiger partial charge in [-0.3, -0.25) is 4.68 Å². The van der Waals surface area contributed by atoms with Crippen LogP contribution in [0.15, 0.2) is 53.6 Å². The van der Waals surface area contributed by atoms with Crippen LogP contribution in [-0.2, 0) is 7.05 Å². The van der Waals surface area contributed by atoms with Crippen molar-refractivity contribution in [2.24, 2.45) is 7.05 Å². The van der Waals surface area contributed by atoms with Crippen molar-refractivity contribution in [1.82, 2.24) is 9.78 Å². The number of nitrogens with zero attached hydrogens (tertiary/aromatic N) is 2. The van der Waals surface area contributed by atoms with Crippen molar-refractivity contribution in [2.45, 2.75) is 13.8 Å². The number of rotatable bonds is 4. The molecule has 0 bridgehead atoms. The molecule has 0 unspecified atom stereocenters. The summed E-state index contributed by atoms with van der Waals surface area (Å²) in [5.41, 5.74) is 2.23. The second-order valence-electron chi connectivity index (χ2n) is 4.86. The summed E-state index contributed by atoms with van der Waals surface area (Å²) in [6.45, 7) is 4.02. The molecule has 1 heterocycles. The van der Waals surface area contributed by atoms with Crippen molar-refractivity contribution in [3.63, 3.8) is 0 Å². The minimum absolute atomic E-state index is 0.216. The third kappa shape index (κ3) is 4.54. The predicted molar refractivity (Wildman–Crippen MR) is 98.2 cm³/mol. The van der Waals surface area contributed by atoms with Gasteiger partial charge in [0.1, 0.15) is 11.4 Å². The highest BCUT2D eigenvalue weighted by molar-refractivity contribution is 8.03. The van der Waals surface area contributed by atoms with Crippen LogP contribution in [0.25, 0.3) is 11.3 Å². The van der Waals surface area contributed by atoms with Gasteiger partial charge in [-0.15, -0.1) is 11.8 Å². The Morgan fingerprint density at radius 3 is 2.83 bits per heavy atom. The van der Waals surface area contributed by atoms with Crippen LogP contribution >= 0.6 is 11.8 Å². The van der Waals surface area contributed by atoms with Gasteiger partial charge < -0.3 is 5.11 Å². The molecule has 1 N–H and O–H groups in total. The fraction of sp³-hybridized carbons (Fsp3) is 0.211. The molecule has 0 saturated carbocycles. The molecule has 118 valence electrons. The van der Waals surface area contributed by atoms with Crippen LogP contribution in [0.1, 0.15) is 19.4 Å². The summed E-state index contributed by atoms with van der Waals surface area (Å²) >= 11 is 1.70. The third-order valence-corrected chi connectivity index (χ3v) is 4.13. The van der Waals surface area contributed by atoms with Gasteiger partial charge in [0.15, 0.2) is 0 Å². The molecule has 0 amide bonds. The van der Waals surface area contributed by atoms with E-state index in [4.69, 9.17) is 0 Å². The number of phenols is 1. The van der Waals surface area contributed by atoms with Crippen LogP contribution in [0, 0.1) is 11.8 Å². The Bertz CT molecular complexity index is 791. The zero-order chi connectivity index (χ0) is 16.7. The SMILES string of the molecule is C/C=C\C(=C/C)SCC#Cc1cn(C)nc1-c1ccccc1O. The lowest BCUT2D eigenvalue weighted by molar-refractivity contribution is 0.477. The first-order valence-corrected chi connectivity index (χ1v) is 8.37. The summed E-state index contributed by atoms with van der Waals surface area (Å²) in [7, 11) is 1.85. The average molecular weight is 324 g/mol. The maximum atomic E-state index is 10.0. The molecule has 2 rings (SSSR count). The summed E-state index contributed by atoms with van der Waals surface area (Å²) in [5.74, 6) is 7.26. The number of benzene rings is 1. The maximum absolute atomic E-state index is 10.0. The first-order valence-electron chi connectivity index (χ1n) is 7.38. The van der Waals surface area contributed by atoms with E-state index in [1.165, 1.54) is 4.91 Å². The Kier molecular flexibility index (Phi) is 6.13. The van der Waals surface area contributed by atoms with Crippen LogP contribution in [0.5, 0.6) is 5.75 Å². The Morgan fingerprint density at radius 2 is 2.13 bits per heavy atom. The second kappa shape index (κ2) is 8.30. The van der Waals surface area contributed by atoms with Gasteiger partial charge in [0.05, 0.1) is 11.3 Å². The lowest BCUT2D eigenvalue weighted by Crippen LogP contribution is -1.88. The molecule has 0 spiro atoms. The summed E-state index contributed by atoms with van der Waals surface area (Å²) in [6.07, 6.45) is 8.04. The molecule has 4 heteroatoms. The van der Waals surface area contributed by atoms with Crippen LogP contribution in [0.4, 0.5) is 0 Å². The van der Waals surface area contributed by atoms with Gasteiger partial charge in [-0.05, 0) is 26.0 Å². The van der Waals surface area contributed by atoms with E-state index in [0.29, 0.717) is 17.0 Å². The number of hydrogen-bond acceptors (Lipinski definition) is 3. The summed E-state index contributed by atoms with van der Waals surface area (Å²) < 4.78 is 1.72. The zero-order valence-electron chi connectivity index (χ0n) is 13.6. The van der Waals surface area contributed by atoms with Gasteiger partial charge in [-0.2, -0.15) is 5.10 Å². The van der Waals surface area contributed by atoms with E-state index < -0.39 is 0 Å². The standard InChI is InChI=1S/C19H20N2OS/c1-4-9-16(5-2)23-13-8-10-15-14-21(3)20-19(15)17-11-6-7-12-18(17)22/h4-7,9,11-12,14,22H,13H2,1-3H3/b9-4-,16-5+. The Balaban J connectivity index is 2.20. The van der Waals surface area contributed by atoms with Crippen molar-refractivity contribution >= 4 is 11.8 Å². The molecule has 0 atom stereocenters. The predicted octanol–water partition coefficient (Wildman–Crippen LogP) is 4.36. The molecule has 0 aliphatic heterocycles. The van der Waals surface area contributed by atoms with Crippen LogP contribution in [0.2, 0.25) is 0 Å². The van der Waals surface area contributed by atoms with Crippen LogP contribution < -0.4 is 0 Å². The van der Waals surface area contributed by atoms with Crippen molar-refractivity contribution in [3.8, 4) is 28.8 Å². The van der Waals surface area contributed by atoms with Gasteiger partial charge in [0.2, 0.25) is 0 Å². The number of allylic oxidation sites excluding steroid dienone is 3. The van der Waals surface area contributed by atoms with Crippen molar-refractivity contribution in [3.05, 3.63) is 59.2 Å². The van der Waals surface area contributed by atoms with E-state index in [9.17, 15) is 5.11 Å². The van der Waals surface area contributed by atoms with Crippen molar-refractivity contribution in [2.75, 3.05) is 5.75 Å². The number of aryl methyl sites for hydroxylation is 1. The fourth-order valence-electron chi connectivity index (χ4n) is 2.10. The molecule has 23 heavy (non-hydrogen) atoms. The van der Waals surface area contributed by atoms with Crippen molar-refractivity contribution < 1.29 is 5.11 Å². The third-order valence-electron chi connectivity index (χ3n) is 3.14. The molecule has 3 nitrogen and oxygen atoms in total. The van der Waals surface area contributed by atoms with Crippen molar-refractivity contribution in [1.29, 1.82) is 0 Å². The number of aromatic nitrogens is 2. The molecule has 0 aliphatic rings. The topological polar surface area (TPSA) is 38.0 Å². The highest BCUT2D eigenvalue weighted by Gasteiger charge is 2.11. The second-order valence-corrected chi connectivity index (χ2v) is 5.91. The lowest BCUT2D eigenvalue weighted by Gasteiger charge is -2.01. The molecule has 0 saturated heterocycles. The number of para-hydroxylation sites is 1. The molecule has 1 aromatic heterocycles. The van der Waals surface area contributed by atoms with E-state index in [0.717, 1.165) is 5.56 Å². The first kappa shape index (κ1) is 17.0. The Labute approximate surface area is 141 Å². The molecule has 0 radical (unpaired) electrons. The van der Waals surface area contributed by atoms with Gasteiger partial charge >= 0.3 is 0 Å². The monoisotopic (exact) mass is 324 g/mol. The van der Waals surface area contributed by atoms with Gasteiger partial charge in [0, 0.05) is 23.7 Å². The fourth-order valence-corrected chi connectivity index (χ4v) is 2.81. The van der Waals surface area contributed by atoms with Gasteiger partial charge in [-0.1, -0.05) is 42.2 Å². The number of thioether (sulfide) groups is 1. The lowest BCUT2D eigenvalue weighted by atomic mass is 10.1. The largest absolute Gasteiger partial charge is 0.507 e. The van der Waals surface area contributed by atoms with Gasteiger partial charge in [0.25, 0.3) is 0 Å². The van der Waals surface area contributed by atoms with E-state index in [-0.39, 0.29) is 5.75 Å². The van der Waals surface area contributed by atoms with Crippen LogP contribution in [0.3, 0.4) is 0 Å². The zero-order valence-corrected chi connectivity index (χ0v) is 14.4. The Hall–Kier alpha value is -2.38. The minimum Gasteiger partial charge on any atom is -0.507 e. The van der Waals surface area contributed by atoms with Crippen LogP contribution in [-0.4, -0.2) is 20.6 Å². The highest BCUT2D eigenvalue weighted by Crippen LogP contribution is 2.29. The molecule has 0 fully saturated rings. The molecule has 1 aromatic carbocycles. The minimum atomic E-state index is 0.216. The van der Waals surface area contributed by atoms with E-state index >= 15 is 0 Å². The maximum Gasteiger partial charge on any atom is 0.125 e. The average Bonchev–Trinajstić information content (AvgIpc) is 2.91. The summed E-state index contributed by atoms with van der Waals surface area (Å²) in [5, 5.41) is 14.4. The smallest absolute Gasteiger partial charge is 0.125 e. The van der Waals surface area contributed by atoms with Gasteiger partial charge in [-0.25, -0.2) is 0 Å². The number of aromatic hydroxyl groups is 1. The normalized spacial score (nSPS) is 11.5. The summed E-state index contributed by atoms with van der Waals surface area (Å²) in [6, 6.07) is 7.18. The van der Waals surface area contributed by atoms with E-state index in [1.807, 2.05) is 45.3 Å². The molecule has 0 aliphatic carbocycles. The molecule has 2 aromatic rings. The molecular weight excluding hydrogens is 304 g/mol. The number of hydrogen-bond donors (Lipinski definition) is 1. The number of phenolic OH excluding ortho intramolecular Hbond substituents is 1. The Morgan fingerprint density at radius 1 is 1.35 bits per heavy atom.